The maximum Gasteiger partial charge on any atom is 0.387 e. The normalized spacial score (nSPS) is 25.5. The lowest BCUT2D eigenvalue weighted by Gasteiger charge is -2.20. The highest BCUT2D eigenvalue weighted by Gasteiger charge is 2.40. The fourth-order valence-electron chi connectivity index (χ4n) is 2.86. The Labute approximate surface area is 127 Å². The van der Waals surface area contributed by atoms with Gasteiger partial charge in [0.2, 0.25) is 0 Å². The maximum atomic E-state index is 12.4. The minimum atomic E-state index is -2.83. The second-order valence-corrected chi connectivity index (χ2v) is 6.02. The average molecular weight is 318 g/mol. The summed E-state index contributed by atoms with van der Waals surface area (Å²) in [5.41, 5.74) is 0.643. The third-order valence-corrected chi connectivity index (χ3v) is 4.25. The summed E-state index contributed by atoms with van der Waals surface area (Å²) >= 11 is 5.94. The van der Waals surface area contributed by atoms with Crippen LogP contribution in [0.1, 0.15) is 24.8 Å². The van der Waals surface area contributed by atoms with E-state index in [4.69, 9.17) is 16.3 Å². The molecule has 0 amide bonds. The van der Waals surface area contributed by atoms with Gasteiger partial charge in [-0.1, -0.05) is 11.6 Å². The molecule has 2 unspecified atom stereocenters. The summed E-state index contributed by atoms with van der Waals surface area (Å²) in [5, 5.41) is 3.91. The molecule has 6 heteroatoms. The molecule has 1 heterocycles. The number of hydrogen-bond donors (Lipinski definition) is 1. The first-order valence-electron chi connectivity index (χ1n) is 7.21. The topological polar surface area (TPSA) is 30.5 Å². The molecule has 1 N–H and O–H groups in total. The summed E-state index contributed by atoms with van der Waals surface area (Å²) in [6, 6.07) is 4.97. The number of ether oxygens (including phenoxy) is 2. The van der Waals surface area contributed by atoms with Crippen molar-refractivity contribution in [2.75, 3.05) is 6.61 Å². The zero-order valence-electron chi connectivity index (χ0n) is 11.5. The summed E-state index contributed by atoms with van der Waals surface area (Å²) in [6.07, 6.45) is 3.65. The van der Waals surface area contributed by atoms with E-state index >= 15 is 0 Å². The monoisotopic (exact) mass is 317 g/mol. The summed E-state index contributed by atoms with van der Waals surface area (Å²) in [7, 11) is 0. The van der Waals surface area contributed by atoms with Gasteiger partial charge in [0.1, 0.15) is 5.75 Å². The number of benzene rings is 1. The van der Waals surface area contributed by atoms with Gasteiger partial charge in [-0.3, -0.25) is 0 Å². The number of halogens is 3. The number of nitrogens with one attached hydrogen (secondary N) is 1. The highest BCUT2D eigenvalue weighted by atomic mass is 35.5. The van der Waals surface area contributed by atoms with Crippen molar-refractivity contribution in [3.05, 3.63) is 28.8 Å². The lowest BCUT2D eigenvalue weighted by molar-refractivity contribution is -0.0505. The third-order valence-electron chi connectivity index (χ3n) is 4.02. The van der Waals surface area contributed by atoms with Crippen molar-refractivity contribution in [2.45, 2.75) is 44.6 Å². The number of alkyl halides is 2. The molecule has 2 atom stereocenters. The van der Waals surface area contributed by atoms with Gasteiger partial charge >= 0.3 is 6.61 Å². The Balaban J connectivity index is 1.64. The molecule has 2 fully saturated rings. The molecule has 0 spiro atoms. The summed E-state index contributed by atoms with van der Waals surface area (Å²) in [5.74, 6) is 0.824. The van der Waals surface area contributed by atoms with Gasteiger partial charge in [-0.05, 0) is 43.4 Å². The van der Waals surface area contributed by atoms with Gasteiger partial charge in [0.25, 0.3) is 0 Å². The van der Waals surface area contributed by atoms with E-state index in [1.165, 1.54) is 18.9 Å². The first-order valence-corrected chi connectivity index (χ1v) is 7.59. The van der Waals surface area contributed by atoms with E-state index in [-0.39, 0.29) is 17.9 Å². The maximum absolute atomic E-state index is 12.4. The van der Waals surface area contributed by atoms with Crippen molar-refractivity contribution in [3.63, 3.8) is 0 Å². The lowest BCUT2D eigenvalue weighted by atomic mass is 10.1. The molecule has 1 aliphatic carbocycles. The molecule has 3 rings (SSSR count). The molecule has 3 nitrogen and oxygen atoms in total. The quantitative estimate of drug-likeness (QED) is 0.869. The van der Waals surface area contributed by atoms with Crippen LogP contribution in [0.15, 0.2) is 18.2 Å². The molecule has 0 aromatic heterocycles. The largest absolute Gasteiger partial charge is 0.434 e. The van der Waals surface area contributed by atoms with E-state index in [1.54, 1.807) is 12.1 Å². The van der Waals surface area contributed by atoms with Gasteiger partial charge in [0.15, 0.2) is 0 Å². The van der Waals surface area contributed by atoms with Crippen molar-refractivity contribution in [1.82, 2.24) is 5.32 Å². The highest BCUT2D eigenvalue weighted by Crippen LogP contribution is 2.39. The fraction of sp³-hybridized carbons (Fsp3) is 0.600. The zero-order chi connectivity index (χ0) is 14.8. The molecule has 1 saturated heterocycles. The summed E-state index contributed by atoms with van der Waals surface area (Å²) in [6.45, 7) is -1.63. The molecule has 21 heavy (non-hydrogen) atoms. The van der Waals surface area contributed by atoms with Crippen LogP contribution in [-0.4, -0.2) is 25.4 Å². The minimum Gasteiger partial charge on any atom is -0.434 e. The van der Waals surface area contributed by atoms with Gasteiger partial charge < -0.3 is 14.8 Å². The average Bonchev–Trinajstić information content (AvgIpc) is 3.17. The van der Waals surface area contributed by atoms with Crippen LogP contribution in [0.3, 0.4) is 0 Å². The van der Waals surface area contributed by atoms with Crippen molar-refractivity contribution >= 4 is 11.6 Å². The van der Waals surface area contributed by atoms with Crippen molar-refractivity contribution < 1.29 is 18.3 Å². The van der Waals surface area contributed by atoms with E-state index in [1.807, 2.05) is 0 Å². The Bertz CT molecular complexity index is 497. The van der Waals surface area contributed by atoms with Crippen molar-refractivity contribution in [3.8, 4) is 5.75 Å². The van der Waals surface area contributed by atoms with Crippen LogP contribution in [0.5, 0.6) is 5.75 Å². The van der Waals surface area contributed by atoms with E-state index in [2.05, 4.69) is 10.1 Å². The first-order chi connectivity index (χ1) is 10.1. The summed E-state index contributed by atoms with van der Waals surface area (Å²) in [4.78, 5) is 0. The highest BCUT2D eigenvalue weighted by molar-refractivity contribution is 6.30. The van der Waals surface area contributed by atoms with Gasteiger partial charge in [-0.15, -0.1) is 0 Å². The second-order valence-electron chi connectivity index (χ2n) is 5.58. The van der Waals surface area contributed by atoms with Gasteiger partial charge in [-0.25, -0.2) is 0 Å². The van der Waals surface area contributed by atoms with Crippen LogP contribution >= 0.6 is 11.6 Å². The predicted octanol–water partition coefficient (Wildman–Crippen LogP) is 3.60. The van der Waals surface area contributed by atoms with Crippen LogP contribution in [0, 0.1) is 5.92 Å². The summed E-state index contributed by atoms with van der Waals surface area (Å²) < 4.78 is 35.1. The van der Waals surface area contributed by atoms with E-state index in [0.29, 0.717) is 23.0 Å². The Kier molecular flexibility index (Phi) is 4.62. The lowest BCUT2D eigenvalue weighted by Crippen LogP contribution is -2.37. The molecular formula is C15H18ClF2NO2. The molecule has 1 aliphatic heterocycles. The molecule has 1 aromatic carbocycles. The predicted molar refractivity (Wildman–Crippen MR) is 75.8 cm³/mol. The van der Waals surface area contributed by atoms with Crippen LogP contribution in [0.2, 0.25) is 5.02 Å². The van der Waals surface area contributed by atoms with Gasteiger partial charge in [0, 0.05) is 29.8 Å². The smallest absolute Gasteiger partial charge is 0.387 e. The standard InChI is InChI=1S/C15H18ClF2NO2/c16-11-3-4-13(21-15(17)18)10(7-11)8-19-12-5-6-20-14(12)9-1-2-9/h3-4,7,9,12,14-15,19H,1-2,5-6,8H2. The van der Waals surface area contributed by atoms with Crippen molar-refractivity contribution in [2.24, 2.45) is 5.92 Å². The third kappa shape index (κ3) is 3.84. The van der Waals surface area contributed by atoms with Crippen LogP contribution in [-0.2, 0) is 11.3 Å². The zero-order valence-corrected chi connectivity index (χ0v) is 12.3. The van der Waals surface area contributed by atoms with Gasteiger partial charge in [0.05, 0.1) is 6.10 Å². The first kappa shape index (κ1) is 15.0. The molecule has 1 aromatic rings. The molecule has 1 saturated carbocycles. The van der Waals surface area contributed by atoms with Crippen molar-refractivity contribution in [1.29, 1.82) is 0 Å². The Morgan fingerprint density at radius 1 is 1.33 bits per heavy atom. The fourth-order valence-corrected chi connectivity index (χ4v) is 3.05. The molecular weight excluding hydrogens is 300 g/mol. The van der Waals surface area contributed by atoms with Crippen LogP contribution < -0.4 is 10.1 Å². The molecule has 116 valence electrons. The van der Waals surface area contributed by atoms with Crippen LogP contribution in [0.4, 0.5) is 8.78 Å². The Morgan fingerprint density at radius 2 is 2.14 bits per heavy atom. The van der Waals surface area contributed by atoms with Gasteiger partial charge in [-0.2, -0.15) is 8.78 Å². The minimum absolute atomic E-state index is 0.170. The van der Waals surface area contributed by atoms with E-state index < -0.39 is 6.61 Å². The number of hydrogen-bond acceptors (Lipinski definition) is 3. The Morgan fingerprint density at radius 3 is 2.86 bits per heavy atom. The number of rotatable bonds is 6. The molecule has 2 aliphatic rings. The second kappa shape index (κ2) is 6.46. The van der Waals surface area contributed by atoms with Crippen LogP contribution in [0.25, 0.3) is 0 Å². The Hall–Kier alpha value is -0.910. The van der Waals surface area contributed by atoms with E-state index in [0.717, 1.165) is 13.0 Å². The molecule has 0 bridgehead atoms. The SMILES string of the molecule is FC(F)Oc1ccc(Cl)cc1CNC1CCOC1C1CC1. The van der Waals surface area contributed by atoms with E-state index in [9.17, 15) is 8.78 Å². The molecule has 0 radical (unpaired) electrons.